The minimum Gasteiger partial charge on any atom is -0.353 e. The Morgan fingerprint density at radius 2 is 1.79 bits per heavy atom. The van der Waals surface area contributed by atoms with Crippen molar-refractivity contribution in [3.63, 3.8) is 0 Å². The van der Waals surface area contributed by atoms with Crippen LogP contribution < -0.4 is 11.1 Å². The van der Waals surface area contributed by atoms with E-state index in [0.29, 0.717) is 37.6 Å². The standard InChI is InChI=1S/C18H28N2O3S/c19-13-3-4-24(22,23)18(9-13)7-12(8-18)17(21)20-15-6-14-10-1-2-11(5-10)16(14)15/h10-16H,1-9,19H2,(H,20,21)/t10?,11?,12?,13?,14-,15-,16+,18?/m1/s1. The summed E-state index contributed by atoms with van der Waals surface area (Å²) in [5, 5.41) is 3.27. The maximum atomic E-state index is 12.6. The molecule has 5 rings (SSSR count). The summed E-state index contributed by atoms with van der Waals surface area (Å²) >= 11 is 0. The first-order valence-electron chi connectivity index (χ1n) is 9.67. The molecule has 24 heavy (non-hydrogen) atoms. The summed E-state index contributed by atoms with van der Waals surface area (Å²) in [6, 6.07) is 0.332. The lowest BCUT2D eigenvalue weighted by Gasteiger charge is -2.51. The minimum absolute atomic E-state index is 0.0287. The Morgan fingerprint density at radius 3 is 2.54 bits per heavy atom. The number of fused-ring (bicyclic) bond motifs is 5. The van der Waals surface area contributed by atoms with E-state index in [1.54, 1.807) is 0 Å². The Kier molecular flexibility index (Phi) is 3.23. The predicted molar refractivity (Wildman–Crippen MR) is 90.8 cm³/mol. The van der Waals surface area contributed by atoms with Crippen LogP contribution in [-0.2, 0) is 14.6 Å². The quantitative estimate of drug-likeness (QED) is 0.782. The zero-order chi connectivity index (χ0) is 16.7. The second-order valence-corrected chi connectivity index (χ2v) is 11.8. The summed E-state index contributed by atoms with van der Waals surface area (Å²) in [6.07, 6.45) is 7.36. The van der Waals surface area contributed by atoms with Gasteiger partial charge < -0.3 is 11.1 Å². The maximum absolute atomic E-state index is 12.6. The zero-order valence-corrected chi connectivity index (χ0v) is 14.9. The van der Waals surface area contributed by atoms with Gasteiger partial charge in [0.25, 0.3) is 0 Å². The van der Waals surface area contributed by atoms with Gasteiger partial charge in [-0.2, -0.15) is 0 Å². The lowest BCUT2D eigenvalue weighted by Crippen LogP contribution is -2.62. The Labute approximate surface area is 144 Å². The van der Waals surface area contributed by atoms with Crippen LogP contribution in [-0.4, -0.2) is 36.9 Å². The lowest BCUT2D eigenvalue weighted by molar-refractivity contribution is -0.131. The Morgan fingerprint density at radius 1 is 1.04 bits per heavy atom. The van der Waals surface area contributed by atoms with Crippen molar-refractivity contribution in [3.8, 4) is 0 Å². The van der Waals surface area contributed by atoms with Gasteiger partial charge in [0.1, 0.15) is 0 Å². The third-order valence-corrected chi connectivity index (χ3v) is 10.7. The number of carbonyl (C=O) groups excluding carboxylic acids is 1. The fourth-order valence-corrected chi connectivity index (χ4v) is 9.24. The van der Waals surface area contributed by atoms with Crippen LogP contribution in [0.5, 0.6) is 0 Å². The van der Waals surface area contributed by atoms with E-state index in [0.717, 1.165) is 24.2 Å². The first-order valence-corrected chi connectivity index (χ1v) is 11.3. The average Bonchev–Trinajstić information content (AvgIpc) is 3.01. The normalized spacial score (nSPS) is 54.0. The van der Waals surface area contributed by atoms with Crippen molar-refractivity contribution >= 4 is 15.7 Å². The van der Waals surface area contributed by atoms with Crippen LogP contribution in [0.2, 0.25) is 0 Å². The molecule has 0 radical (unpaired) electrons. The van der Waals surface area contributed by atoms with Crippen molar-refractivity contribution in [1.82, 2.24) is 5.32 Å². The number of nitrogens with two attached hydrogens (primary N) is 1. The molecule has 5 fully saturated rings. The number of nitrogens with one attached hydrogen (secondary N) is 1. The SMILES string of the molecule is NC1CCS(=O)(=O)C2(C1)CC(C(=O)N[C@@H]1C[C@@H]3C4CCC(C4)[C@@H]31)C2. The van der Waals surface area contributed by atoms with Gasteiger partial charge in [-0.25, -0.2) is 8.42 Å². The fraction of sp³-hybridized carbons (Fsp3) is 0.944. The summed E-state index contributed by atoms with van der Waals surface area (Å²) in [5.74, 6) is 3.51. The molecule has 0 aromatic heterocycles. The van der Waals surface area contributed by atoms with Crippen molar-refractivity contribution in [1.29, 1.82) is 0 Å². The van der Waals surface area contributed by atoms with Crippen LogP contribution in [0.25, 0.3) is 0 Å². The molecule has 0 aromatic carbocycles. The topological polar surface area (TPSA) is 89.3 Å². The Hall–Kier alpha value is -0.620. The Bertz CT molecular complexity index is 668. The van der Waals surface area contributed by atoms with E-state index in [4.69, 9.17) is 5.73 Å². The van der Waals surface area contributed by atoms with Gasteiger partial charge in [-0.1, -0.05) is 0 Å². The largest absolute Gasteiger partial charge is 0.353 e. The fourth-order valence-electron chi connectivity index (χ4n) is 6.82. The van der Waals surface area contributed by atoms with E-state index < -0.39 is 14.6 Å². The molecule has 6 heteroatoms. The molecule has 3 unspecified atom stereocenters. The monoisotopic (exact) mass is 352 g/mol. The molecule has 4 aliphatic carbocycles. The summed E-state index contributed by atoms with van der Waals surface area (Å²) < 4.78 is 24.2. The molecule has 3 N–H and O–H groups in total. The molecular weight excluding hydrogens is 324 g/mol. The highest BCUT2D eigenvalue weighted by Crippen LogP contribution is 2.61. The van der Waals surface area contributed by atoms with Gasteiger partial charge in [0.05, 0.1) is 10.5 Å². The predicted octanol–water partition coefficient (Wildman–Crippen LogP) is 1.22. The highest BCUT2D eigenvalue weighted by molar-refractivity contribution is 7.92. The summed E-state index contributed by atoms with van der Waals surface area (Å²) in [4.78, 5) is 12.6. The van der Waals surface area contributed by atoms with Gasteiger partial charge in [0.15, 0.2) is 9.84 Å². The van der Waals surface area contributed by atoms with Gasteiger partial charge in [-0.05, 0) is 75.0 Å². The molecule has 4 saturated carbocycles. The van der Waals surface area contributed by atoms with E-state index in [2.05, 4.69) is 5.32 Å². The van der Waals surface area contributed by atoms with Crippen LogP contribution in [0.3, 0.4) is 0 Å². The van der Waals surface area contributed by atoms with Crippen LogP contribution in [0.15, 0.2) is 0 Å². The molecule has 1 aliphatic heterocycles. The first-order chi connectivity index (χ1) is 11.4. The molecule has 2 bridgehead atoms. The van der Waals surface area contributed by atoms with Gasteiger partial charge in [0, 0.05) is 18.0 Å². The number of hydrogen-bond donors (Lipinski definition) is 2. The molecule has 5 aliphatic rings. The minimum atomic E-state index is -3.09. The molecule has 6 atom stereocenters. The molecular formula is C18H28N2O3S. The molecule has 134 valence electrons. The van der Waals surface area contributed by atoms with Crippen LogP contribution in [0.4, 0.5) is 0 Å². The van der Waals surface area contributed by atoms with E-state index in [1.807, 2.05) is 0 Å². The second kappa shape index (κ2) is 4.97. The zero-order valence-electron chi connectivity index (χ0n) is 14.1. The van der Waals surface area contributed by atoms with Gasteiger partial charge >= 0.3 is 0 Å². The van der Waals surface area contributed by atoms with Crippen molar-refractivity contribution in [2.75, 3.05) is 5.75 Å². The van der Waals surface area contributed by atoms with Crippen LogP contribution in [0, 0.1) is 29.6 Å². The number of rotatable bonds is 2. The summed E-state index contributed by atoms with van der Waals surface area (Å²) in [6.45, 7) is 0. The highest BCUT2D eigenvalue weighted by Gasteiger charge is 2.60. The molecule has 1 spiro atoms. The van der Waals surface area contributed by atoms with Crippen LogP contribution in [0.1, 0.15) is 51.4 Å². The van der Waals surface area contributed by atoms with E-state index >= 15 is 0 Å². The number of amides is 1. The van der Waals surface area contributed by atoms with E-state index in [-0.39, 0.29) is 23.6 Å². The third kappa shape index (κ3) is 2.02. The number of hydrogen-bond acceptors (Lipinski definition) is 4. The lowest BCUT2D eigenvalue weighted by atomic mass is 9.62. The first kappa shape index (κ1) is 15.6. The number of sulfone groups is 1. The van der Waals surface area contributed by atoms with Crippen molar-refractivity contribution in [2.24, 2.45) is 35.3 Å². The maximum Gasteiger partial charge on any atom is 0.223 e. The van der Waals surface area contributed by atoms with Gasteiger partial charge in [-0.3, -0.25) is 4.79 Å². The van der Waals surface area contributed by atoms with E-state index in [1.165, 1.54) is 19.3 Å². The number of carbonyl (C=O) groups is 1. The molecule has 0 aromatic rings. The van der Waals surface area contributed by atoms with Gasteiger partial charge in [0.2, 0.25) is 5.91 Å². The molecule has 1 amide bonds. The van der Waals surface area contributed by atoms with Crippen molar-refractivity contribution in [3.05, 3.63) is 0 Å². The summed E-state index contributed by atoms with van der Waals surface area (Å²) in [5.41, 5.74) is 6.00. The third-order valence-electron chi connectivity index (χ3n) is 8.14. The van der Waals surface area contributed by atoms with Crippen molar-refractivity contribution < 1.29 is 13.2 Å². The average molecular weight is 353 g/mol. The Balaban J connectivity index is 1.20. The van der Waals surface area contributed by atoms with Crippen molar-refractivity contribution in [2.45, 2.75) is 68.2 Å². The molecule has 1 heterocycles. The molecule has 1 saturated heterocycles. The smallest absolute Gasteiger partial charge is 0.223 e. The van der Waals surface area contributed by atoms with Gasteiger partial charge in [-0.15, -0.1) is 0 Å². The summed E-state index contributed by atoms with van der Waals surface area (Å²) in [7, 11) is -3.09. The highest BCUT2D eigenvalue weighted by atomic mass is 32.2. The van der Waals surface area contributed by atoms with Crippen LogP contribution >= 0.6 is 0 Å². The second-order valence-electron chi connectivity index (χ2n) is 9.29. The van der Waals surface area contributed by atoms with E-state index in [9.17, 15) is 13.2 Å². The molecule has 5 nitrogen and oxygen atoms in total.